The number of rotatable bonds is 2. The van der Waals surface area contributed by atoms with Gasteiger partial charge in [0.1, 0.15) is 17.4 Å². The lowest BCUT2D eigenvalue weighted by molar-refractivity contribution is 0.0989. The highest BCUT2D eigenvalue weighted by Gasteiger charge is 2.18. The van der Waals surface area contributed by atoms with Gasteiger partial charge in [-0.3, -0.25) is 4.79 Å². The molecular formula is C14H11F2NO2. The Kier molecular flexibility index (Phi) is 3.46. The Labute approximate surface area is 108 Å². The number of phenols is 1. The van der Waals surface area contributed by atoms with Crippen molar-refractivity contribution in [2.75, 3.05) is 11.9 Å². The first-order valence-corrected chi connectivity index (χ1v) is 5.51. The molecule has 2 rings (SSSR count). The summed E-state index contributed by atoms with van der Waals surface area (Å²) < 4.78 is 26.7. The quantitative estimate of drug-likeness (QED) is 0.905. The van der Waals surface area contributed by atoms with Crippen LogP contribution in [0.5, 0.6) is 5.75 Å². The molecule has 0 saturated carbocycles. The topological polar surface area (TPSA) is 40.5 Å². The highest BCUT2D eigenvalue weighted by atomic mass is 19.1. The molecule has 0 aliphatic rings. The van der Waals surface area contributed by atoms with Crippen LogP contribution in [0.2, 0.25) is 0 Å². The maximum Gasteiger partial charge on any atom is 0.260 e. The Hall–Kier alpha value is -2.43. The maximum absolute atomic E-state index is 13.6. The Balaban J connectivity index is 2.33. The third-order valence-corrected chi connectivity index (χ3v) is 2.68. The number of hydrogen-bond donors (Lipinski definition) is 1. The van der Waals surface area contributed by atoms with Gasteiger partial charge in [0.25, 0.3) is 5.91 Å². The summed E-state index contributed by atoms with van der Waals surface area (Å²) in [5.74, 6) is -2.19. The SMILES string of the molecule is CN(C(=O)c1ccc(O)cc1F)c1cccc(F)c1. The third-order valence-electron chi connectivity index (χ3n) is 2.68. The molecule has 0 aliphatic heterocycles. The highest BCUT2D eigenvalue weighted by Crippen LogP contribution is 2.20. The smallest absolute Gasteiger partial charge is 0.260 e. The first-order valence-electron chi connectivity index (χ1n) is 5.51. The molecular weight excluding hydrogens is 252 g/mol. The van der Waals surface area contributed by atoms with E-state index < -0.39 is 17.5 Å². The normalized spacial score (nSPS) is 10.3. The van der Waals surface area contributed by atoms with Gasteiger partial charge in [-0.25, -0.2) is 8.78 Å². The van der Waals surface area contributed by atoms with Crippen molar-refractivity contribution in [2.45, 2.75) is 0 Å². The van der Waals surface area contributed by atoms with Crippen LogP contribution in [-0.2, 0) is 0 Å². The van der Waals surface area contributed by atoms with Crippen molar-refractivity contribution in [3.05, 3.63) is 59.7 Å². The second-order valence-corrected chi connectivity index (χ2v) is 4.01. The molecule has 3 nitrogen and oxygen atoms in total. The Morgan fingerprint density at radius 3 is 2.53 bits per heavy atom. The number of hydrogen-bond acceptors (Lipinski definition) is 2. The lowest BCUT2D eigenvalue weighted by Gasteiger charge is -2.17. The summed E-state index contributed by atoms with van der Waals surface area (Å²) in [5.41, 5.74) is 0.127. The average Bonchev–Trinajstić information content (AvgIpc) is 2.37. The molecule has 1 amide bonds. The molecule has 0 bridgehead atoms. The zero-order valence-corrected chi connectivity index (χ0v) is 10.1. The van der Waals surface area contributed by atoms with Crippen molar-refractivity contribution in [1.29, 1.82) is 0 Å². The molecule has 19 heavy (non-hydrogen) atoms. The lowest BCUT2D eigenvalue weighted by atomic mass is 10.1. The van der Waals surface area contributed by atoms with E-state index in [4.69, 9.17) is 5.11 Å². The number of phenolic OH excluding ortho intramolecular Hbond substituents is 1. The largest absolute Gasteiger partial charge is 0.508 e. The van der Waals surface area contributed by atoms with Crippen molar-refractivity contribution in [3.8, 4) is 5.75 Å². The fraction of sp³-hybridized carbons (Fsp3) is 0.0714. The van der Waals surface area contributed by atoms with Crippen molar-refractivity contribution >= 4 is 11.6 Å². The van der Waals surface area contributed by atoms with E-state index in [0.717, 1.165) is 11.0 Å². The van der Waals surface area contributed by atoms with Crippen molar-refractivity contribution in [3.63, 3.8) is 0 Å². The zero-order valence-electron chi connectivity index (χ0n) is 10.1. The van der Waals surface area contributed by atoms with E-state index in [1.807, 2.05) is 0 Å². The van der Waals surface area contributed by atoms with Crippen LogP contribution >= 0.6 is 0 Å². The molecule has 0 aliphatic carbocycles. The van der Waals surface area contributed by atoms with E-state index >= 15 is 0 Å². The number of aromatic hydroxyl groups is 1. The predicted octanol–water partition coefficient (Wildman–Crippen LogP) is 2.95. The van der Waals surface area contributed by atoms with E-state index in [9.17, 15) is 13.6 Å². The number of carbonyl (C=O) groups excluding carboxylic acids is 1. The van der Waals surface area contributed by atoms with Crippen molar-refractivity contribution in [1.82, 2.24) is 0 Å². The molecule has 0 atom stereocenters. The number of halogens is 2. The number of carbonyl (C=O) groups is 1. The van der Waals surface area contributed by atoms with Gasteiger partial charge in [-0.05, 0) is 30.3 Å². The van der Waals surface area contributed by atoms with Gasteiger partial charge in [0.2, 0.25) is 0 Å². The molecule has 0 saturated heterocycles. The van der Waals surface area contributed by atoms with Crippen LogP contribution in [0.1, 0.15) is 10.4 Å². The van der Waals surface area contributed by atoms with Gasteiger partial charge in [-0.1, -0.05) is 6.07 Å². The first kappa shape index (κ1) is 13.0. The van der Waals surface area contributed by atoms with Crippen LogP contribution in [0.15, 0.2) is 42.5 Å². The van der Waals surface area contributed by atoms with Crippen molar-refractivity contribution < 1.29 is 18.7 Å². The molecule has 0 aromatic heterocycles. The van der Waals surface area contributed by atoms with Gasteiger partial charge in [0.05, 0.1) is 5.56 Å². The molecule has 2 aromatic carbocycles. The minimum Gasteiger partial charge on any atom is -0.508 e. The molecule has 0 fully saturated rings. The number of benzene rings is 2. The molecule has 0 radical (unpaired) electrons. The van der Waals surface area contributed by atoms with Gasteiger partial charge < -0.3 is 10.0 Å². The third kappa shape index (κ3) is 2.70. The van der Waals surface area contributed by atoms with Crippen LogP contribution in [-0.4, -0.2) is 18.1 Å². The lowest BCUT2D eigenvalue weighted by Crippen LogP contribution is -2.27. The summed E-state index contributed by atoms with van der Waals surface area (Å²) in [6, 6.07) is 8.69. The van der Waals surface area contributed by atoms with E-state index in [1.54, 1.807) is 6.07 Å². The van der Waals surface area contributed by atoms with Crippen LogP contribution in [0.25, 0.3) is 0 Å². The fourth-order valence-corrected chi connectivity index (χ4v) is 1.66. The zero-order chi connectivity index (χ0) is 14.0. The minimum absolute atomic E-state index is 0.190. The second-order valence-electron chi connectivity index (χ2n) is 4.01. The number of amides is 1. The van der Waals surface area contributed by atoms with E-state index in [2.05, 4.69) is 0 Å². The Morgan fingerprint density at radius 1 is 1.16 bits per heavy atom. The van der Waals surface area contributed by atoms with Gasteiger partial charge in [-0.15, -0.1) is 0 Å². The monoisotopic (exact) mass is 263 g/mol. The van der Waals surface area contributed by atoms with Crippen molar-refractivity contribution in [2.24, 2.45) is 0 Å². The van der Waals surface area contributed by atoms with E-state index in [-0.39, 0.29) is 11.3 Å². The number of nitrogens with zero attached hydrogens (tertiary/aromatic N) is 1. The van der Waals surface area contributed by atoms with Crippen LogP contribution in [0.4, 0.5) is 14.5 Å². The molecule has 1 N–H and O–H groups in total. The van der Waals surface area contributed by atoms with Gasteiger partial charge in [-0.2, -0.15) is 0 Å². The van der Waals surface area contributed by atoms with Crippen LogP contribution in [0, 0.1) is 11.6 Å². The molecule has 0 heterocycles. The molecule has 0 spiro atoms. The second kappa shape index (κ2) is 5.06. The average molecular weight is 263 g/mol. The van der Waals surface area contributed by atoms with Crippen LogP contribution in [0.3, 0.4) is 0 Å². The minimum atomic E-state index is -0.826. The standard InChI is InChI=1S/C14H11F2NO2/c1-17(10-4-2-3-9(15)7-10)14(19)12-6-5-11(18)8-13(12)16/h2-8,18H,1H3. The summed E-state index contributed by atoms with van der Waals surface area (Å²) in [4.78, 5) is 13.2. The first-order chi connectivity index (χ1) is 8.99. The maximum atomic E-state index is 13.6. The molecule has 5 heteroatoms. The van der Waals surface area contributed by atoms with Gasteiger partial charge in [0, 0.05) is 18.8 Å². The summed E-state index contributed by atoms with van der Waals surface area (Å²) in [5, 5.41) is 9.10. The van der Waals surface area contributed by atoms with E-state index in [1.165, 1.54) is 37.4 Å². The Morgan fingerprint density at radius 2 is 1.89 bits per heavy atom. The molecule has 2 aromatic rings. The van der Waals surface area contributed by atoms with Crippen LogP contribution < -0.4 is 4.90 Å². The highest BCUT2D eigenvalue weighted by molar-refractivity contribution is 6.05. The fourth-order valence-electron chi connectivity index (χ4n) is 1.66. The number of anilines is 1. The summed E-state index contributed by atoms with van der Waals surface area (Å²) in [6.07, 6.45) is 0. The Bertz CT molecular complexity index is 629. The summed E-state index contributed by atoms with van der Waals surface area (Å²) in [7, 11) is 1.42. The van der Waals surface area contributed by atoms with Gasteiger partial charge >= 0.3 is 0 Å². The molecule has 0 unspecified atom stereocenters. The van der Waals surface area contributed by atoms with Gasteiger partial charge in [0.15, 0.2) is 0 Å². The predicted molar refractivity (Wildman–Crippen MR) is 67.2 cm³/mol. The molecule has 98 valence electrons. The summed E-state index contributed by atoms with van der Waals surface area (Å²) in [6.45, 7) is 0. The van der Waals surface area contributed by atoms with E-state index in [0.29, 0.717) is 5.69 Å². The summed E-state index contributed by atoms with van der Waals surface area (Å²) >= 11 is 0.